The zero-order chi connectivity index (χ0) is 14.7. The van der Waals surface area contributed by atoms with Crippen molar-refractivity contribution < 1.29 is 9.90 Å². The van der Waals surface area contributed by atoms with Crippen LogP contribution < -0.4 is 0 Å². The van der Waals surface area contributed by atoms with Crippen molar-refractivity contribution in [3.63, 3.8) is 0 Å². The van der Waals surface area contributed by atoms with Gasteiger partial charge in [0.1, 0.15) is 5.03 Å². The highest BCUT2D eigenvalue weighted by Crippen LogP contribution is 2.41. The maximum absolute atomic E-state index is 10.5. The minimum Gasteiger partial charge on any atom is -0.481 e. The molecule has 8 heteroatoms. The van der Waals surface area contributed by atoms with Gasteiger partial charge in [0, 0.05) is 18.9 Å². The molecule has 3 aliphatic heterocycles. The number of carbonyl (C=O) groups is 1. The van der Waals surface area contributed by atoms with Gasteiger partial charge in [0.2, 0.25) is 0 Å². The molecule has 0 saturated carbocycles. The van der Waals surface area contributed by atoms with Gasteiger partial charge in [-0.2, -0.15) is 8.75 Å². The summed E-state index contributed by atoms with van der Waals surface area (Å²) < 4.78 is 9.04. The summed E-state index contributed by atoms with van der Waals surface area (Å²) in [6.45, 7) is 3.63. The molecule has 4 rings (SSSR count). The molecule has 2 bridgehead atoms. The molecule has 1 atom stereocenters. The number of rotatable bonds is 7. The van der Waals surface area contributed by atoms with Gasteiger partial charge in [0.05, 0.1) is 17.4 Å². The van der Waals surface area contributed by atoms with Crippen LogP contribution in [-0.4, -0.2) is 50.1 Å². The first-order chi connectivity index (χ1) is 10.2. The Morgan fingerprint density at radius 1 is 1.32 bits per heavy atom. The maximum atomic E-state index is 10.5. The molecule has 0 aliphatic carbocycles. The fourth-order valence-electron chi connectivity index (χ4n) is 3.34. The van der Waals surface area contributed by atoms with Crippen LogP contribution in [0.1, 0.15) is 43.7 Å². The molecule has 0 amide bonds. The molecule has 1 aromatic heterocycles. The van der Waals surface area contributed by atoms with E-state index in [1.165, 1.54) is 43.4 Å². The Bertz CT molecular complexity index is 492. The fourth-order valence-corrected chi connectivity index (χ4v) is 5.11. The second kappa shape index (κ2) is 8.47. The Morgan fingerprint density at radius 3 is 2.73 bits per heavy atom. The van der Waals surface area contributed by atoms with Crippen molar-refractivity contribution in [3.8, 4) is 0 Å². The lowest BCUT2D eigenvalue weighted by atomic mass is 9.78. The summed E-state index contributed by atoms with van der Waals surface area (Å²) in [5.74, 6) is 1.58. The number of thioether (sulfide) groups is 1. The molecular formula is C14H22ClN3O2S2. The van der Waals surface area contributed by atoms with Crippen LogP contribution in [0.3, 0.4) is 0 Å². The Labute approximate surface area is 145 Å². The number of aliphatic carboxylic acids is 1. The summed E-state index contributed by atoms with van der Waals surface area (Å²) >= 11 is 3.07. The first-order valence-corrected chi connectivity index (χ1v) is 9.35. The summed E-state index contributed by atoms with van der Waals surface area (Å²) in [7, 11) is 0. The molecule has 3 fully saturated rings. The topological polar surface area (TPSA) is 66.3 Å². The Morgan fingerprint density at radius 2 is 2.09 bits per heavy atom. The van der Waals surface area contributed by atoms with E-state index in [1.807, 2.05) is 0 Å². The van der Waals surface area contributed by atoms with Crippen molar-refractivity contribution in [2.45, 2.75) is 43.0 Å². The largest absolute Gasteiger partial charge is 0.481 e. The van der Waals surface area contributed by atoms with Gasteiger partial charge in [0.25, 0.3) is 0 Å². The minimum absolute atomic E-state index is 0. The van der Waals surface area contributed by atoms with Crippen LogP contribution in [-0.2, 0) is 4.79 Å². The van der Waals surface area contributed by atoms with Crippen molar-refractivity contribution >= 4 is 41.9 Å². The molecule has 3 aliphatic rings. The first-order valence-electron chi connectivity index (χ1n) is 7.63. The number of carboxylic acids is 1. The molecule has 1 N–H and O–H groups in total. The Kier molecular flexibility index (Phi) is 6.92. The summed E-state index contributed by atoms with van der Waals surface area (Å²) in [5.41, 5.74) is 1.21. The van der Waals surface area contributed by atoms with Crippen LogP contribution in [0.4, 0.5) is 0 Å². The SMILES string of the molecule is Cl.O=C(O)CCCCSc1nsnc1C1CN2CCC1CC2. The number of fused-ring (bicyclic) bond motifs is 3. The standard InChI is InChI=1S/C14H21N3O2S2.ClH/c18-12(19)3-1-2-8-20-14-13(15-21-16-14)11-9-17-6-4-10(11)5-7-17;/h10-11H,1-9H2,(H,18,19);1H. The van der Waals surface area contributed by atoms with Crippen LogP contribution >= 0.6 is 35.9 Å². The van der Waals surface area contributed by atoms with E-state index in [1.54, 1.807) is 11.8 Å². The smallest absolute Gasteiger partial charge is 0.303 e. The number of nitrogens with zero attached hydrogens (tertiary/aromatic N) is 3. The molecule has 0 radical (unpaired) electrons. The molecule has 0 spiro atoms. The zero-order valence-electron chi connectivity index (χ0n) is 12.4. The van der Waals surface area contributed by atoms with Crippen molar-refractivity contribution in [3.05, 3.63) is 5.69 Å². The molecule has 4 heterocycles. The molecule has 22 heavy (non-hydrogen) atoms. The van der Waals surface area contributed by atoms with Crippen LogP contribution in [0.25, 0.3) is 0 Å². The molecule has 5 nitrogen and oxygen atoms in total. The van der Waals surface area contributed by atoms with E-state index in [0.717, 1.165) is 36.1 Å². The predicted molar refractivity (Wildman–Crippen MR) is 91.3 cm³/mol. The quantitative estimate of drug-likeness (QED) is 0.593. The molecule has 3 saturated heterocycles. The van der Waals surface area contributed by atoms with Gasteiger partial charge in [0.15, 0.2) is 0 Å². The summed E-state index contributed by atoms with van der Waals surface area (Å²) in [6.07, 6.45) is 4.53. The lowest BCUT2D eigenvalue weighted by Crippen LogP contribution is -2.46. The zero-order valence-corrected chi connectivity index (χ0v) is 14.9. The summed E-state index contributed by atoms with van der Waals surface area (Å²) in [6, 6.07) is 0. The van der Waals surface area contributed by atoms with Gasteiger partial charge >= 0.3 is 5.97 Å². The van der Waals surface area contributed by atoms with Gasteiger partial charge in [-0.05, 0) is 50.4 Å². The monoisotopic (exact) mass is 363 g/mol. The molecule has 124 valence electrons. The number of aromatic nitrogens is 2. The number of carboxylic acid groups (broad SMARTS) is 1. The number of unbranched alkanes of at least 4 members (excludes halogenated alkanes) is 1. The molecule has 1 aromatic rings. The van der Waals surface area contributed by atoms with Crippen molar-refractivity contribution in [2.24, 2.45) is 5.92 Å². The maximum Gasteiger partial charge on any atom is 0.303 e. The van der Waals surface area contributed by atoms with Gasteiger partial charge in [-0.25, -0.2) is 0 Å². The minimum atomic E-state index is -0.705. The highest BCUT2D eigenvalue weighted by molar-refractivity contribution is 7.99. The average Bonchev–Trinajstić information content (AvgIpc) is 2.96. The number of hydrogen-bond donors (Lipinski definition) is 1. The van der Waals surface area contributed by atoms with E-state index in [9.17, 15) is 4.79 Å². The third kappa shape index (κ3) is 4.34. The van der Waals surface area contributed by atoms with Gasteiger partial charge in [-0.15, -0.1) is 24.2 Å². The van der Waals surface area contributed by atoms with Crippen molar-refractivity contribution in [2.75, 3.05) is 25.4 Å². The van der Waals surface area contributed by atoms with Crippen molar-refractivity contribution in [1.29, 1.82) is 0 Å². The van der Waals surface area contributed by atoms with Crippen LogP contribution in [0.2, 0.25) is 0 Å². The second-order valence-corrected chi connectivity index (χ2v) is 7.51. The fraction of sp³-hybridized carbons (Fsp3) is 0.786. The van der Waals surface area contributed by atoms with Gasteiger partial charge < -0.3 is 10.0 Å². The highest BCUT2D eigenvalue weighted by Gasteiger charge is 2.37. The predicted octanol–water partition coefficient (Wildman–Crippen LogP) is 3.12. The van der Waals surface area contributed by atoms with Crippen LogP contribution in [0.15, 0.2) is 5.03 Å². The van der Waals surface area contributed by atoms with Crippen LogP contribution in [0.5, 0.6) is 0 Å². The highest BCUT2D eigenvalue weighted by atomic mass is 35.5. The van der Waals surface area contributed by atoms with E-state index >= 15 is 0 Å². The molecule has 1 unspecified atom stereocenters. The van der Waals surface area contributed by atoms with Crippen LogP contribution in [0, 0.1) is 5.92 Å². The third-order valence-electron chi connectivity index (χ3n) is 4.51. The van der Waals surface area contributed by atoms with E-state index in [0.29, 0.717) is 5.92 Å². The first kappa shape index (κ1) is 18.0. The number of halogens is 1. The Balaban J connectivity index is 0.00000176. The molecule has 0 aromatic carbocycles. The van der Waals surface area contributed by atoms with E-state index < -0.39 is 5.97 Å². The summed E-state index contributed by atoms with van der Waals surface area (Å²) in [5, 5.41) is 9.73. The lowest BCUT2D eigenvalue weighted by molar-refractivity contribution is -0.137. The second-order valence-electron chi connectivity index (χ2n) is 5.90. The summed E-state index contributed by atoms with van der Waals surface area (Å²) in [4.78, 5) is 13.0. The van der Waals surface area contributed by atoms with E-state index in [4.69, 9.17) is 5.11 Å². The van der Waals surface area contributed by atoms with E-state index in [-0.39, 0.29) is 18.8 Å². The number of piperidine rings is 3. The third-order valence-corrected chi connectivity index (χ3v) is 6.24. The van der Waals surface area contributed by atoms with Gasteiger partial charge in [-0.1, -0.05) is 0 Å². The Hall–Kier alpha value is -0.370. The number of hydrogen-bond acceptors (Lipinski definition) is 6. The molecular weight excluding hydrogens is 342 g/mol. The van der Waals surface area contributed by atoms with Crippen molar-refractivity contribution in [1.82, 2.24) is 13.6 Å². The lowest BCUT2D eigenvalue weighted by Gasteiger charge is -2.44. The normalized spacial score (nSPS) is 26.6. The average molecular weight is 364 g/mol. The van der Waals surface area contributed by atoms with E-state index in [2.05, 4.69) is 13.6 Å². The van der Waals surface area contributed by atoms with Gasteiger partial charge in [-0.3, -0.25) is 4.79 Å².